The lowest BCUT2D eigenvalue weighted by Gasteiger charge is -2.08. The fraction of sp³-hybridized carbons (Fsp3) is 0.200. The van der Waals surface area contributed by atoms with Crippen molar-refractivity contribution in [1.29, 1.82) is 0 Å². The van der Waals surface area contributed by atoms with Crippen molar-refractivity contribution in [1.82, 2.24) is 0 Å². The highest BCUT2D eigenvalue weighted by molar-refractivity contribution is 5.25. The van der Waals surface area contributed by atoms with Crippen LogP contribution in [-0.4, -0.2) is 5.11 Å². The molecule has 0 unspecified atom stereocenters. The van der Waals surface area contributed by atoms with Gasteiger partial charge in [0.25, 0.3) is 0 Å². The van der Waals surface area contributed by atoms with Crippen molar-refractivity contribution in [2.45, 2.75) is 19.6 Å². The maximum absolute atomic E-state index is 9.39. The molecular formula is C15H16O2. The van der Waals surface area contributed by atoms with Gasteiger partial charge in [0.1, 0.15) is 12.4 Å². The van der Waals surface area contributed by atoms with Gasteiger partial charge in [0, 0.05) is 0 Å². The van der Waals surface area contributed by atoms with Crippen molar-refractivity contribution < 1.29 is 9.84 Å². The maximum Gasteiger partial charge on any atom is 0.119 e. The minimum atomic E-state index is -0.418. The van der Waals surface area contributed by atoms with Gasteiger partial charge in [-0.1, -0.05) is 42.5 Å². The fourth-order valence-electron chi connectivity index (χ4n) is 1.58. The van der Waals surface area contributed by atoms with Gasteiger partial charge < -0.3 is 9.84 Å². The van der Waals surface area contributed by atoms with E-state index in [1.54, 1.807) is 6.92 Å². The topological polar surface area (TPSA) is 29.5 Å². The average molecular weight is 228 g/mol. The molecule has 0 spiro atoms. The Kier molecular flexibility index (Phi) is 3.78. The molecule has 0 fully saturated rings. The fourth-order valence-corrected chi connectivity index (χ4v) is 1.58. The lowest BCUT2D eigenvalue weighted by molar-refractivity contribution is 0.199. The van der Waals surface area contributed by atoms with Gasteiger partial charge in [-0.05, 0) is 30.2 Å². The van der Waals surface area contributed by atoms with E-state index in [1.807, 2.05) is 54.6 Å². The summed E-state index contributed by atoms with van der Waals surface area (Å²) in [5, 5.41) is 9.39. The summed E-state index contributed by atoms with van der Waals surface area (Å²) >= 11 is 0. The molecule has 0 radical (unpaired) electrons. The molecule has 1 N–H and O–H groups in total. The Balaban J connectivity index is 1.96. The van der Waals surface area contributed by atoms with E-state index in [0.717, 1.165) is 16.9 Å². The Morgan fingerprint density at radius 2 is 1.65 bits per heavy atom. The molecule has 0 bridgehead atoms. The van der Waals surface area contributed by atoms with Crippen molar-refractivity contribution >= 4 is 0 Å². The largest absolute Gasteiger partial charge is 0.489 e. The first-order valence-electron chi connectivity index (χ1n) is 5.70. The highest BCUT2D eigenvalue weighted by Crippen LogP contribution is 2.15. The van der Waals surface area contributed by atoms with E-state index in [2.05, 4.69) is 0 Å². The van der Waals surface area contributed by atoms with E-state index in [9.17, 15) is 5.11 Å². The van der Waals surface area contributed by atoms with E-state index in [1.165, 1.54) is 0 Å². The van der Waals surface area contributed by atoms with Crippen LogP contribution in [0.25, 0.3) is 0 Å². The second-order valence-corrected chi connectivity index (χ2v) is 4.02. The Morgan fingerprint density at radius 1 is 1.00 bits per heavy atom. The quantitative estimate of drug-likeness (QED) is 0.869. The number of benzene rings is 2. The average Bonchev–Trinajstić information content (AvgIpc) is 2.38. The summed E-state index contributed by atoms with van der Waals surface area (Å²) in [5.74, 6) is 0.868. The van der Waals surface area contributed by atoms with Gasteiger partial charge in [0.05, 0.1) is 6.10 Å². The molecule has 0 saturated heterocycles. The highest BCUT2D eigenvalue weighted by Gasteiger charge is 2.00. The second kappa shape index (κ2) is 5.51. The molecule has 17 heavy (non-hydrogen) atoms. The minimum Gasteiger partial charge on any atom is -0.489 e. The highest BCUT2D eigenvalue weighted by atomic mass is 16.5. The zero-order valence-corrected chi connectivity index (χ0v) is 9.84. The summed E-state index contributed by atoms with van der Waals surface area (Å²) in [5.41, 5.74) is 2.02. The number of hydrogen-bond donors (Lipinski definition) is 1. The van der Waals surface area contributed by atoms with Crippen molar-refractivity contribution in [2.75, 3.05) is 0 Å². The summed E-state index contributed by atoms with van der Waals surface area (Å²) < 4.78 is 5.63. The van der Waals surface area contributed by atoms with Crippen LogP contribution in [0.5, 0.6) is 5.75 Å². The predicted molar refractivity (Wildman–Crippen MR) is 67.8 cm³/mol. The first-order chi connectivity index (χ1) is 8.25. The van der Waals surface area contributed by atoms with E-state index in [-0.39, 0.29) is 0 Å². The standard InChI is InChI=1S/C15H16O2/c1-12(16)14-9-7-13(8-10-14)11-17-15-5-3-2-4-6-15/h2-10,12,16H,11H2,1H3/t12-/m0/s1. The first-order valence-corrected chi connectivity index (χ1v) is 5.70. The van der Waals surface area contributed by atoms with Gasteiger partial charge >= 0.3 is 0 Å². The van der Waals surface area contributed by atoms with Crippen molar-refractivity contribution in [3.05, 3.63) is 65.7 Å². The predicted octanol–water partition coefficient (Wildman–Crippen LogP) is 3.32. The van der Waals surface area contributed by atoms with Crippen LogP contribution in [0.1, 0.15) is 24.2 Å². The molecule has 1 atom stereocenters. The number of hydrogen-bond acceptors (Lipinski definition) is 2. The molecule has 0 aliphatic rings. The summed E-state index contributed by atoms with van der Waals surface area (Å²) in [6.07, 6.45) is -0.418. The van der Waals surface area contributed by atoms with Crippen molar-refractivity contribution in [2.24, 2.45) is 0 Å². The Hall–Kier alpha value is -1.80. The van der Waals surface area contributed by atoms with Crippen LogP contribution in [0.4, 0.5) is 0 Å². The van der Waals surface area contributed by atoms with Crippen LogP contribution in [0.3, 0.4) is 0 Å². The molecule has 0 aliphatic carbocycles. The van der Waals surface area contributed by atoms with Crippen LogP contribution in [0, 0.1) is 0 Å². The summed E-state index contributed by atoms with van der Waals surface area (Å²) in [6.45, 7) is 2.31. The molecule has 0 saturated carbocycles. The zero-order chi connectivity index (χ0) is 12.1. The van der Waals surface area contributed by atoms with Gasteiger partial charge in [-0.25, -0.2) is 0 Å². The van der Waals surface area contributed by atoms with Crippen molar-refractivity contribution in [3.8, 4) is 5.75 Å². The number of para-hydroxylation sites is 1. The first kappa shape index (κ1) is 11.7. The van der Waals surface area contributed by atoms with Crippen LogP contribution < -0.4 is 4.74 Å². The third-order valence-corrected chi connectivity index (χ3v) is 2.61. The third kappa shape index (κ3) is 3.33. The molecule has 2 aromatic rings. The van der Waals surface area contributed by atoms with E-state index in [0.29, 0.717) is 6.61 Å². The minimum absolute atomic E-state index is 0.418. The molecule has 0 amide bonds. The number of rotatable bonds is 4. The molecular weight excluding hydrogens is 212 g/mol. The summed E-state index contributed by atoms with van der Waals surface area (Å²) in [7, 11) is 0. The summed E-state index contributed by atoms with van der Waals surface area (Å²) in [6, 6.07) is 17.5. The SMILES string of the molecule is C[C@H](O)c1ccc(COc2ccccc2)cc1. The maximum atomic E-state index is 9.39. The van der Waals surface area contributed by atoms with Crippen LogP contribution in [0.15, 0.2) is 54.6 Å². The Morgan fingerprint density at radius 3 is 2.24 bits per heavy atom. The van der Waals surface area contributed by atoms with Gasteiger partial charge in [0.15, 0.2) is 0 Å². The summed E-state index contributed by atoms with van der Waals surface area (Å²) in [4.78, 5) is 0. The van der Waals surface area contributed by atoms with Crippen molar-refractivity contribution in [3.63, 3.8) is 0 Å². The zero-order valence-electron chi connectivity index (χ0n) is 9.84. The number of aliphatic hydroxyl groups is 1. The van der Waals surface area contributed by atoms with E-state index < -0.39 is 6.10 Å². The molecule has 2 nitrogen and oxygen atoms in total. The lowest BCUT2D eigenvalue weighted by Crippen LogP contribution is -1.96. The van der Waals surface area contributed by atoms with Crippen LogP contribution in [-0.2, 0) is 6.61 Å². The molecule has 2 heteroatoms. The lowest BCUT2D eigenvalue weighted by atomic mass is 10.1. The molecule has 0 heterocycles. The molecule has 2 rings (SSSR count). The normalized spacial score (nSPS) is 12.1. The molecule has 2 aromatic carbocycles. The molecule has 0 aliphatic heterocycles. The van der Waals surface area contributed by atoms with E-state index in [4.69, 9.17) is 4.74 Å². The van der Waals surface area contributed by atoms with Gasteiger partial charge in [-0.3, -0.25) is 0 Å². The Labute approximate surface area is 101 Å². The van der Waals surface area contributed by atoms with Gasteiger partial charge in [-0.2, -0.15) is 0 Å². The monoisotopic (exact) mass is 228 g/mol. The smallest absolute Gasteiger partial charge is 0.119 e. The van der Waals surface area contributed by atoms with Gasteiger partial charge in [0.2, 0.25) is 0 Å². The van der Waals surface area contributed by atoms with Crippen LogP contribution >= 0.6 is 0 Å². The molecule has 0 aromatic heterocycles. The second-order valence-electron chi connectivity index (χ2n) is 4.02. The Bertz CT molecular complexity index is 446. The van der Waals surface area contributed by atoms with Crippen LogP contribution in [0.2, 0.25) is 0 Å². The molecule has 88 valence electrons. The van der Waals surface area contributed by atoms with Gasteiger partial charge in [-0.15, -0.1) is 0 Å². The number of aliphatic hydroxyl groups excluding tert-OH is 1. The third-order valence-electron chi connectivity index (χ3n) is 2.61. The number of ether oxygens (including phenoxy) is 1. The van der Waals surface area contributed by atoms with E-state index >= 15 is 0 Å².